The average Bonchev–Trinajstić information content (AvgIpc) is 2.69. The van der Waals surface area contributed by atoms with E-state index < -0.39 is 13.2 Å². The van der Waals surface area contributed by atoms with Crippen molar-refractivity contribution < 1.29 is 9.90 Å². The largest absolute Gasteiger partial charge is 0.479 e. The van der Waals surface area contributed by atoms with Crippen molar-refractivity contribution in [2.24, 2.45) is 0 Å². The number of hydrogen-bond acceptors (Lipinski definition) is 1. The van der Waals surface area contributed by atoms with Crippen LogP contribution in [0.5, 0.6) is 0 Å². The Bertz CT molecular complexity index is 322. The zero-order valence-electron chi connectivity index (χ0n) is 20.8. The first-order valence-corrected chi connectivity index (χ1v) is 15.7. The molecule has 0 radical (unpaired) electrons. The number of carboxylic acid groups (broad SMARTS) is 1. The first kappa shape index (κ1) is 32.4. The molecule has 0 spiro atoms. The Hall–Kier alpha value is 0.190. The van der Waals surface area contributed by atoms with Crippen LogP contribution in [0.2, 0.25) is 0 Å². The Morgan fingerprint density at radius 2 is 0.800 bits per heavy atom. The number of halogens is 1. The number of carbonyl (C=O) groups is 1. The molecule has 30 heavy (non-hydrogen) atoms. The second kappa shape index (κ2) is 23.8. The fourth-order valence-corrected chi connectivity index (χ4v) is 8.94. The molecule has 0 heterocycles. The first-order valence-electron chi connectivity index (χ1n) is 13.2. The second-order valence-electron chi connectivity index (χ2n) is 9.37. The molecule has 1 N–H and O–H groups in total. The van der Waals surface area contributed by atoms with Crippen molar-refractivity contribution in [3.8, 4) is 0 Å². The van der Waals surface area contributed by atoms with Crippen LogP contribution in [0.15, 0.2) is 0 Å². The number of carboxylic acids is 1. The molecule has 4 heteroatoms. The quantitative estimate of drug-likeness (QED) is 0.120. The molecule has 0 unspecified atom stereocenters. The van der Waals surface area contributed by atoms with Crippen LogP contribution in [0.25, 0.3) is 0 Å². The summed E-state index contributed by atoms with van der Waals surface area (Å²) in [7, 11) is -1.32. The average molecular weight is 466 g/mol. The van der Waals surface area contributed by atoms with Gasteiger partial charge in [0.15, 0.2) is 6.16 Å². The lowest BCUT2D eigenvalue weighted by Gasteiger charge is -2.26. The summed E-state index contributed by atoms with van der Waals surface area (Å²) >= 11 is 0. The molecule has 0 aliphatic rings. The maximum atomic E-state index is 11.8. The molecule has 0 aromatic heterocycles. The van der Waals surface area contributed by atoms with E-state index in [1.54, 1.807) is 0 Å². The van der Waals surface area contributed by atoms with Gasteiger partial charge in [-0.25, -0.2) is 4.79 Å². The minimum Gasteiger partial charge on any atom is -0.479 e. The maximum Gasteiger partial charge on any atom is 0.341 e. The van der Waals surface area contributed by atoms with Crippen LogP contribution >= 0.6 is 19.7 Å². The Morgan fingerprint density at radius 1 is 0.533 bits per heavy atom. The Balaban J connectivity index is 0. The van der Waals surface area contributed by atoms with Crippen LogP contribution in [0, 0.1) is 0 Å². The van der Waals surface area contributed by atoms with Gasteiger partial charge in [0.1, 0.15) is 0 Å². The van der Waals surface area contributed by atoms with Crippen LogP contribution < -0.4 is 0 Å². The molecule has 0 rings (SSSR count). The van der Waals surface area contributed by atoms with E-state index in [1.807, 2.05) is 0 Å². The first-order chi connectivity index (χ1) is 14.1. The molecular formula is C26H55ClO2P+. The van der Waals surface area contributed by atoms with Crippen LogP contribution in [0.3, 0.4) is 0 Å². The SMILES string of the molecule is CCCCCCCC[P+](CCCCCCCC)(CCCCCCCC)CC(=O)O.Cl. The van der Waals surface area contributed by atoms with Gasteiger partial charge in [0.05, 0.1) is 18.5 Å². The predicted molar refractivity (Wildman–Crippen MR) is 141 cm³/mol. The number of unbranched alkanes of at least 4 members (excludes halogenated alkanes) is 15. The third kappa shape index (κ3) is 20.1. The fourth-order valence-electron chi connectivity index (χ4n) is 4.54. The van der Waals surface area contributed by atoms with Crippen molar-refractivity contribution >= 4 is 25.6 Å². The van der Waals surface area contributed by atoms with Crippen LogP contribution in [0.4, 0.5) is 0 Å². The minimum absolute atomic E-state index is 0. The van der Waals surface area contributed by atoms with E-state index >= 15 is 0 Å². The summed E-state index contributed by atoms with van der Waals surface area (Å²) in [6.07, 6.45) is 28.1. The molecule has 0 bridgehead atoms. The van der Waals surface area contributed by atoms with Crippen molar-refractivity contribution in [2.45, 2.75) is 136 Å². The van der Waals surface area contributed by atoms with Gasteiger partial charge in [-0.2, -0.15) is 0 Å². The van der Waals surface area contributed by atoms with Gasteiger partial charge in [0.2, 0.25) is 0 Å². The summed E-state index contributed by atoms with van der Waals surface area (Å²) in [5.74, 6) is -0.527. The lowest BCUT2D eigenvalue weighted by atomic mass is 10.1. The van der Waals surface area contributed by atoms with Gasteiger partial charge < -0.3 is 5.11 Å². The van der Waals surface area contributed by atoms with Crippen LogP contribution in [-0.4, -0.2) is 35.7 Å². The molecule has 182 valence electrons. The highest BCUT2D eigenvalue weighted by Crippen LogP contribution is 2.60. The van der Waals surface area contributed by atoms with Gasteiger partial charge in [-0.05, 0) is 38.5 Å². The smallest absolute Gasteiger partial charge is 0.341 e. The molecule has 0 aliphatic heterocycles. The van der Waals surface area contributed by atoms with E-state index in [-0.39, 0.29) is 12.4 Å². The molecular weight excluding hydrogens is 411 g/mol. The van der Waals surface area contributed by atoms with Crippen molar-refractivity contribution in [3.05, 3.63) is 0 Å². The monoisotopic (exact) mass is 465 g/mol. The number of rotatable bonds is 23. The van der Waals surface area contributed by atoms with E-state index in [2.05, 4.69) is 20.8 Å². The summed E-state index contributed by atoms with van der Waals surface area (Å²) in [4.78, 5) is 11.8. The molecule has 0 amide bonds. The summed E-state index contributed by atoms with van der Waals surface area (Å²) in [5, 5.41) is 9.69. The number of hydrogen-bond donors (Lipinski definition) is 1. The van der Waals surface area contributed by atoms with Gasteiger partial charge in [0, 0.05) is 7.26 Å². The number of aliphatic carboxylic acids is 1. The van der Waals surface area contributed by atoms with E-state index in [0.29, 0.717) is 6.16 Å². The highest BCUT2D eigenvalue weighted by Gasteiger charge is 2.38. The standard InChI is InChI=1S/C26H53O2P.ClH/c1-4-7-10-13-16-19-22-29(25-26(27)28,23-20-17-14-11-8-5-2)24-21-18-15-12-9-6-3;/h4-25H2,1-3H3;1H/p+1. The molecule has 0 fully saturated rings. The summed E-state index contributed by atoms with van der Waals surface area (Å²) in [5.41, 5.74) is 0. The zero-order chi connectivity index (χ0) is 21.6. The Morgan fingerprint density at radius 3 is 1.07 bits per heavy atom. The topological polar surface area (TPSA) is 37.3 Å². The van der Waals surface area contributed by atoms with Gasteiger partial charge in [0.25, 0.3) is 0 Å². The normalized spacial score (nSPS) is 11.4. The van der Waals surface area contributed by atoms with Crippen molar-refractivity contribution in [3.63, 3.8) is 0 Å². The second-order valence-corrected chi connectivity index (χ2v) is 13.7. The fraction of sp³-hybridized carbons (Fsp3) is 0.962. The molecule has 0 aromatic carbocycles. The lowest BCUT2D eigenvalue weighted by molar-refractivity contribution is -0.134. The third-order valence-electron chi connectivity index (χ3n) is 6.43. The highest BCUT2D eigenvalue weighted by atomic mass is 35.5. The van der Waals surface area contributed by atoms with Crippen LogP contribution in [0.1, 0.15) is 136 Å². The summed E-state index contributed by atoms with van der Waals surface area (Å²) in [6, 6.07) is 0. The molecule has 0 saturated heterocycles. The molecule has 2 nitrogen and oxygen atoms in total. The zero-order valence-corrected chi connectivity index (χ0v) is 22.5. The third-order valence-corrected chi connectivity index (χ3v) is 11.2. The Kier molecular flexibility index (Phi) is 25.7. The maximum absolute atomic E-state index is 11.8. The van der Waals surface area contributed by atoms with Gasteiger partial charge in [-0.3, -0.25) is 0 Å². The summed E-state index contributed by atoms with van der Waals surface area (Å²) in [6.45, 7) is 6.80. The van der Waals surface area contributed by atoms with E-state index in [4.69, 9.17) is 0 Å². The van der Waals surface area contributed by atoms with Gasteiger partial charge in [-0.15, -0.1) is 12.4 Å². The molecule has 0 atom stereocenters. The molecule has 0 saturated carbocycles. The highest BCUT2D eigenvalue weighted by molar-refractivity contribution is 7.76. The van der Waals surface area contributed by atoms with Crippen molar-refractivity contribution in [1.29, 1.82) is 0 Å². The van der Waals surface area contributed by atoms with E-state index in [1.165, 1.54) is 134 Å². The van der Waals surface area contributed by atoms with Crippen LogP contribution in [-0.2, 0) is 4.79 Å². The Labute approximate surface area is 196 Å². The summed E-state index contributed by atoms with van der Waals surface area (Å²) < 4.78 is 0. The predicted octanol–water partition coefficient (Wildman–Crippen LogP) is 9.59. The minimum atomic E-state index is -1.32. The lowest BCUT2D eigenvalue weighted by Crippen LogP contribution is -2.18. The molecule has 0 aliphatic carbocycles. The molecule has 0 aromatic rings. The van der Waals surface area contributed by atoms with Crippen molar-refractivity contribution in [1.82, 2.24) is 0 Å². The van der Waals surface area contributed by atoms with E-state index in [9.17, 15) is 9.90 Å². The van der Waals surface area contributed by atoms with Gasteiger partial charge >= 0.3 is 5.97 Å². The van der Waals surface area contributed by atoms with E-state index in [0.717, 1.165) is 0 Å². The van der Waals surface area contributed by atoms with Gasteiger partial charge in [-0.1, -0.05) is 97.8 Å². The van der Waals surface area contributed by atoms with Crippen molar-refractivity contribution in [2.75, 3.05) is 24.6 Å².